The van der Waals surface area contributed by atoms with E-state index in [9.17, 15) is 0 Å². The molecule has 0 fully saturated rings. The Kier molecular flexibility index (Phi) is 3.42. The summed E-state index contributed by atoms with van der Waals surface area (Å²) in [5.74, 6) is 0. The fraction of sp³-hybridized carbons (Fsp3) is 1.00. The summed E-state index contributed by atoms with van der Waals surface area (Å²) in [6.45, 7) is 3.40. The highest BCUT2D eigenvalue weighted by Gasteiger charge is 2.05. The molecule has 7 heavy (non-hydrogen) atoms. The van der Waals surface area contributed by atoms with E-state index in [4.69, 9.17) is 5.11 Å². The third-order valence-corrected chi connectivity index (χ3v) is 1.18. The van der Waals surface area contributed by atoms with E-state index in [-0.39, 0.29) is 6.10 Å². The summed E-state index contributed by atoms with van der Waals surface area (Å²) in [5.41, 5.74) is 0. The predicted molar refractivity (Wildman–Crippen MR) is 31.2 cm³/mol. The van der Waals surface area contributed by atoms with Crippen molar-refractivity contribution in [3.05, 3.63) is 0 Å². The van der Waals surface area contributed by atoms with Crippen LogP contribution in [0.1, 0.15) is 13.8 Å². The molecular weight excluding hydrogens is 112 g/mol. The number of thiol groups is 1. The molecule has 2 atom stereocenters. The molecule has 3 heteroatoms. The van der Waals surface area contributed by atoms with E-state index in [0.29, 0.717) is 0 Å². The van der Waals surface area contributed by atoms with Crippen LogP contribution in [0.25, 0.3) is 0 Å². The minimum absolute atomic E-state index is 0.177. The van der Waals surface area contributed by atoms with Gasteiger partial charge in [0.1, 0.15) is 0 Å². The van der Waals surface area contributed by atoms with Gasteiger partial charge in [0, 0.05) is 0 Å². The van der Waals surface area contributed by atoms with Crippen LogP contribution in [0.3, 0.4) is 0 Å². The van der Waals surface area contributed by atoms with E-state index in [1.807, 2.05) is 0 Å². The smallest absolute Gasteiger partial charge is 0.0946 e. The van der Waals surface area contributed by atoms with Gasteiger partial charge < -0.3 is 9.29 Å². The third-order valence-electron chi connectivity index (χ3n) is 0.846. The van der Waals surface area contributed by atoms with Crippen molar-refractivity contribution in [2.24, 2.45) is 0 Å². The van der Waals surface area contributed by atoms with Gasteiger partial charge in [-0.3, -0.25) is 0 Å². The van der Waals surface area contributed by atoms with Crippen molar-refractivity contribution in [1.82, 2.24) is 0 Å². The fourth-order valence-electron chi connectivity index (χ4n) is 0.0881. The van der Waals surface area contributed by atoms with Gasteiger partial charge in [0.2, 0.25) is 0 Å². The normalized spacial score (nSPS) is 18.9. The van der Waals surface area contributed by atoms with E-state index >= 15 is 0 Å². The molecule has 0 heterocycles. The van der Waals surface area contributed by atoms with Crippen molar-refractivity contribution in [1.29, 1.82) is 0 Å². The molecule has 0 amide bonds. The highest BCUT2D eigenvalue weighted by Crippen LogP contribution is 1.97. The van der Waals surface area contributed by atoms with E-state index in [1.54, 1.807) is 13.8 Å². The van der Waals surface area contributed by atoms with Crippen LogP contribution in [0, 0.1) is 0 Å². The SMILES string of the molecule is C[C@H](O)[C@@H](C)OS. The highest BCUT2D eigenvalue weighted by atomic mass is 32.1. The van der Waals surface area contributed by atoms with Crippen LogP contribution >= 0.6 is 12.9 Å². The molecule has 1 N–H and O–H groups in total. The lowest BCUT2D eigenvalue weighted by Crippen LogP contribution is -2.18. The Labute approximate surface area is 49.1 Å². The summed E-state index contributed by atoms with van der Waals surface area (Å²) in [7, 11) is 0. The largest absolute Gasteiger partial charge is 0.391 e. The lowest BCUT2D eigenvalue weighted by atomic mass is 10.3. The van der Waals surface area contributed by atoms with Gasteiger partial charge in [-0.15, -0.1) is 0 Å². The van der Waals surface area contributed by atoms with Gasteiger partial charge in [-0.25, -0.2) is 0 Å². The number of hydrogen-bond acceptors (Lipinski definition) is 3. The van der Waals surface area contributed by atoms with Crippen LogP contribution < -0.4 is 0 Å². The van der Waals surface area contributed by atoms with Crippen LogP contribution in [0.5, 0.6) is 0 Å². The molecule has 0 aromatic carbocycles. The first-order valence-electron chi connectivity index (χ1n) is 2.16. The topological polar surface area (TPSA) is 29.5 Å². The van der Waals surface area contributed by atoms with Gasteiger partial charge in [-0.1, -0.05) is 0 Å². The van der Waals surface area contributed by atoms with Gasteiger partial charge in [0.25, 0.3) is 0 Å². The summed E-state index contributed by atoms with van der Waals surface area (Å²) in [4.78, 5) is 0. The molecule has 0 saturated heterocycles. The number of hydrogen-bond donors (Lipinski definition) is 2. The summed E-state index contributed by atoms with van der Waals surface area (Å²) in [6, 6.07) is 0. The molecule has 0 bridgehead atoms. The van der Waals surface area contributed by atoms with Crippen molar-refractivity contribution in [3.63, 3.8) is 0 Å². The average molecular weight is 122 g/mol. The number of rotatable bonds is 2. The van der Waals surface area contributed by atoms with E-state index in [1.165, 1.54) is 0 Å². The standard InChI is InChI=1S/C4H10O2S/c1-3(5)4(2)6-7/h3-5,7H,1-2H3/t3-,4+/m0/s1. The Bertz CT molecular complexity index is 47.0. The first-order chi connectivity index (χ1) is 3.18. The van der Waals surface area contributed by atoms with Crippen molar-refractivity contribution in [2.45, 2.75) is 26.1 Å². The van der Waals surface area contributed by atoms with Crippen molar-refractivity contribution < 1.29 is 9.29 Å². The second-order valence-electron chi connectivity index (χ2n) is 1.55. The van der Waals surface area contributed by atoms with E-state index in [2.05, 4.69) is 17.1 Å². The lowest BCUT2D eigenvalue weighted by Gasteiger charge is -2.09. The Hall–Kier alpha value is 0.270. The summed E-state index contributed by atoms with van der Waals surface area (Å²) in [5, 5.41) is 8.65. The second-order valence-corrected chi connectivity index (χ2v) is 1.76. The molecule has 0 aromatic heterocycles. The van der Waals surface area contributed by atoms with Gasteiger partial charge in [0.05, 0.1) is 12.2 Å². The molecule has 0 rings (SSSR count). The van der Waals surface area contributed by atoms with Gasteiger partial charge in [-0.05, 0) is 26.8 Å². The zero-order valence-electron chi connectivity index (χ0n) is 4.46. The van der Waals surface area contributed by atoms with Crippen LogP contribution in [0.4, 0.5) is 0 Å². The highest BCUT2D eigenvalue weighted by molar-refractivity contribution is 7.75. The zero-order chi connectivity index (χ0) is 5.86. The maximum Gasteiger partial charge on any atom is 0.0946 e. The third kappa shape index (κ3) is 2.91. The summed E-state index contributed by atoms with van der Waals surface area (Å²) in [6.07, 6.45) is -0.610. The van der Waals surface area contributed by atoms with Gasteiger partial charge in [-0.2, -0.15) is 0 Å². The lowest BCUT2D eigenvalue weighted by molar-refractivity contribution is 0.0762. The Morgan fingerprint density at radius 2 is 2.00 bits per heavy atom. The van der Waals surface area contributed by atoms with Crippen molar-refractivity contribution in [3.8, 4) is 0 Å². The number of aliphatic hydroxyl groups excluding tert-OH is 1. The maximum absolute atomic E-state index is 8.65. The van der Waals surface area contributed by atoms with Crippen LogP contribution in [0.2, 0.25) is 0 Å². The fourth-order valence-corrected chi connectivity index (χ4v) is 0.264. The summed E-state index contributed by atoms with van der Waals surface area (Å²) < 4.78 is 4.46. The minimum atomic E-state index is -0.433. The molecule has 0 saturated carbocycles. The van der Waals surface area contributed by atoms with Crippen molar-refractivity contribution in [2.75, 3.05) is 0 Å². The van der Waals surface area contributed by atoms with E-state index < -0.39 is 6.10 Å². The monoisotopic (exact) mass is 122 g/mol. The quantitative estimate of drug-likeness (QED) is 0.415. The maximum atomic E-state index is 8.65. The molecule has 44 valence electrons. The number of aliphatic hydroxyl groups is 1. The molecule has 0 aliphatic heterocycles. The molecule has 0 aliphatic carbocycles. The summed E-state index contributed by atoms with van der Waals surface area (Å²) >= 11 is 3.49. The molecule has 2 nitrogen and oxygen atoms in total. The zero-order valence-corrected chi connectivity index (χ0v) is 5.35. The minimum Gasteiger partial charge on any atom is -0.391 e. The molecule has 0 aliphatic rings. The van der Waals surface area contributed by atoms with Gasteiger partial charge in [0.15, 0.2) is 0 Å². The van der Waals surface area contributed by atoms with Crippen LogP contribution in [-0.4, -0.2) is 17.3 Å². The van der Waals surface area contributed by atoms with Crippen LogP contribution in [-0.2, 0) is 4.18 Å². The van der Waals surface area contributed by atoms with Crippen LogP contribution in [0.15, 0.2) is 0 Å². The molecule has 0 unspecified atom stereocenters. The Morgan fingerprint density at radius 1 is 1.57 bits per heavy atom. The second kappa shape index (κ2) is 3.29. The van der Waals surface area contributed by atoms with Gasteiger partial charge >= 0.3 is 0 Å². The molecule has 0 spiro atoms. The van der Waals surface area contributed by atoms with Crippen molar-refractivity contribution >= 4 is 12.9 Å². The first-order valence-corrected chi connectivity index (χ1v) is 2.53. The molecular formula is C4H10O2S. The average Bonchev–Trinajstić information content (AvgIpc) is 1.65. The Morgan fingerprint density at radius 3 is 2.00 bits per heavy atom. The Balaban J connectivity index is 3.14. The predicted octanol–water partition coefficient (Wildman–Crippen LogP) is 0.617. The molecule has 0 aromatic rings. The molecule has 0 radical (unpaired) electrons. The first kappa shape index (κ1) is 7.27. The van der Waals surface area contributed by atoms with E-state index in [0.717, 1.165) is 0 Å².